The minimum absolute atomic E-state index is 0.0484. The number of piperidine rings is 1. The number of likely N-dealkylation sites (N-methyl/N-ethyl adjacent to an activating group) is 1. The van der Waals surface area contributed by atoms with Gasteiger partial charge in [-0.3, -0.25) is 9.48 Å². The lowest BCUT2D eigenvalue weighted by Crippen LogP contribution is -2.40. The lowest BCUT2D eigenvalue weighted by molar-refractivity contribution is -0.135. The maximum Gasteiger partial charge on any atom is 0.265 e. The van der Waals surface area contributed by atoms with Crippen molar-refractivity contribution in [3.05, 3.63) is 53.7 Å². The zero-order valence-corrected chi connectivity index (χ0v) is 21.1. The van der Waals surface area contributed by atoms with Crippen LogP contribution in [0.2, 0.25) is 0 Å². The molecular weight excluding hydrogens is 476 g/mol. The van der Waals surface area contributed by atoms with Crippen LogP contribution in [0.4, 0.5) is 8.78 Å². The highest BCUT2D eigenvalue weighted by Crippen LogP contribution is 2.40. The van der Waals surface area contributed by atoms with Crippen molar-refractivity contribution in [2.45, 2.75) is 44.7 Å². The summed E-state index contributed by atoms with van der Waals surface area (Å²) in [6.07, 6.45) is 2.41. The van der Waals surface area contributed by atoms with E-state index in [2.05, 4.69) is 20.0 Å². The van der Waals surface area contributed by atoms with Crippen molar-refractivity contribution in [2.75, 3.05) is 20.1 Å². The first-order valence-electron chi connectivity index (χ1n) is 12.6. The fraction of sp³-hybridized carbons (Fsp3) is 0.407. The molecule has 2 aliphatic rings. The van der Waals surface area contributed by atoms with Crippen LogP contribution in [0.1, 0.15) is 55.2 Å². The summed E-state index contributed by atoms with van der Waals surface area (Å²) >= 11 is 0. The Labute approximate surface area is 213 Å². The van der Waals surface area contributed by atoms with Crippen LogP contribution >= 0.6 is 0 Å². The molecule has 2 aliphatic heterocycles. The predicted octanol–water partition coefficient (Wildman–Crippen LogP) is 4.44. The number of pyridine rings is 1. The van der Waals surface area contributed by atoms with Gasteiger partial charge >= 0.3 is 0 Å². The number of fused-ring (bicyclic) bond motifs is 2. The van der Waals surface area contributed by atoms with Crippen molar-refractivity contribution in [3.63, 3.8) is 0 Å². The van der Waals surface area contributed by atoms with Crippen LogP contribution in [0.3, 0.4) is 0 Å². The van der Waals surface area contributed by atoms with E-state index in [1.165, 1.54) is 0 Å². The van der Waals surface area contributed by atoms with Gasteiger partial charge in [0.05, 0.1) is 35.3 Å². The van der Waals surface area contributed by atoms with Crippen LogP contribution in [-0.4, -0.2) is 55.3 Å². The van der Waals surface area contributed by atoms with E-state index in [4.69, 9.17) is 4.98 Å². The molecule has 0 bridgehead atoms. The molecule has 1 N–H and O–H groups in total. The number of aryl methyl sites for hydroxylation is 1. The number of nitrogens with one attached hydrogen (secondary N) is 1. The second-order valence-electron chi connectivity index (χ2n) is 10.0. The molecule has 1 saturated heterocycles. The number of imidazole rings is 1. The summed E-state index contributed by atoms with van der Waals surface area (Å²) in [6.45, 7) is 4.13. The Hall–Kier alpha value is -3.66. The Bertz CT molecular complexity index is 1500. The van der Waals surface area contributed by atoms with E-state index in [0.29, 0.717) is 23.0 Å². The Morgan fingerprint density at radius 2 is 1.89 bits per heavy atom. The van der Waals surface area contributed by atoms with E-state index < -0.39 is 6.43 Å². The molecular formula is C27H29F2N7O. The summed E-state index contributed by atoms with van der Waals surface area (Å²) in [5.74, 6) is 1.19. The molecule has 1 amide bonds. The van der Waals surface area contributed by atoms with Crippen molar-refractivity contribution < 1.29 is 13.6 Å². The van der Waals surface area contributed by atoms with Gasteiger partial charge in [0, 0.05) is 48.3 Å². The van der Waals surface area contributed by atoms with E-state index in [-0.39, 0.29) is 29.1 Å². The molecule has 6 rings (SSSR count). The number of hydrogen-bond donors (Lipinski definition) is 1. The van der Waals surface area contributed by atoms with Crippen LogP contribution < -0.4 is 5.32 Å². The topological polar surface area (TPSA) is 80.9 Å². The number of alkyl halides is 2. The van der Waals surface area contributed by atoms with Crippen LogP contribution in [0.15, 0.2) is 36.7 Å². The van der Waals surface area contributed by atoms with Gasteiger partial charge in [-0.25, -0.2) is 18.7 Å². The predicted molar refractivity (Wildman–Crippen MR) is 136 cm³/mol. The molecule has 5 heterocycles. The first-order chi connectivity index (χ1) is 17.8. The van der Waals surface area contributed by atoms with Gasteiger partial charge < -0.3 is 14.8 Å². The third-order valence-electron chi connectivity index (χ3n) is 7.61. The van der Waals surface area contributed by atoms with Crippen molar-refractivity contribution >= 4 is 16.8 Å². The number of nitrogens with zero attached hydrogens (tertiary/aromatic N) is 6. The fourth-order valence-corrected chi connectivity index (χ4v) is 5.74. The largest absolute Gasteiger partial charge is 0.338 e. The van der Waals surface area contributed by atoms with Gasteiger partial charge in [-0.2, -0.15) is 5.10 Å². The maximum absolute atomic E-state index is 14.3. The van der Waals surface area contributed by atoms with Gasteiger partial charge in [-0.05, 0) is 45.0 Å². The van der Waals surface area contributed by atoms with E-state index in [1.54, 1.807) is 42.1 Å². The molecule has 192 valence electrons. The highest BCUT2D eigenvalue weighted by atomic mass is 19.3. The number of aromatic nitrogens is 5. The van der Waals surface area contributed by atoms with Crippen molar-refractivity contribution in [1.29, 1.82) is 0 Å². The minimum atomic E-state index is -2.70. The molecule has 1 aromatic carbocycles. The average molecular weight is 506 g/mol. The third-order valence-corrected chi connectivity index (χ3v) is 7.61. The smallest absolute Gasteiger partial charge is 0.265 e. The van der Waals surface area contributed by atoms with Crippen LogP contribution in [-0.2, 0) is 18.4 Å². The minimum Gasteiger partial charge on any atom is -0.338 e. The number of carbonyl (C=O) groups excluding carboxylic acids is 1. The molecule has 0 radical (unpaired) electrons. The normalized spacial score (nSPS) is 18.7. The number of rotatable bonds is 4. The quantitative estimate of drug-likeness (QED) is 0.444. The number of amides is 1. The fourth-order valence-electron chi connectivity index (χ4n) is 5.74. The van der Waals surface area contributed by atoms with E-state index in [9.17, 15) is 13.6 Å². The Balaban J connectivity index is 1.58. The Morgan fingerprint density at radius 1 is 1.11 bits per heavy atom. The number of hydrogen-bond acceptors (Lipinski definition) is 5. The molecule has 1 atom stereocenters. The lowest BCUT2D eigenvalue weighted by atomic mass is 9.96. The van der Waals surface area contributed by atoms with E-state index >= 15 is 0 Å². The first-order valence-corrected chi connectivity index (χ1v) is 12.6. The summed E-state index contributed by atoms with van der Waals surface area (Å²) in [5, 5.41) is 8.15. The van der Waals surface area contributed by atoms with Crippen LogP contribution in [0, 0.1) is 0 Å². The Kier molecular flexibility index (Phi) is 5.78. The first kappa shape index (κ1) is 23.7. The molecule has 0 unspecified atom stereocenters. The average Bonchev–Trinajstić information content (AvgIpc) is 3.50. The summed E-state index contributed by atoms with van der Waals surface area (Å²) < 4.78 is 32.3. The summed E-state index contributed by atoms with van der Waals surface area (Å²) in [4.78, 5) is 24.5. The monoisotopic (exact) mass is 505 g/mol. The van der Waals surface area contributed by atoms with Crippen LogP contribution in [0.5, 0.6) is 0 Å². The number of halogens is 2. The summed E-state index contributed by atoms with van der Waals surface area (Å²) in [5.41, 5.74) is 3.68. The molecule has 3 aromatic heterocycles. The molecule has 8 nitrogen and oxygen atoms in total. The summed E-state index contributed by atoms with van der Waals surface area (Å²) in [7, 11) is 3.54. The van der Waals surface area contributed by atoms with E-state index in [1.807, 2.05) is 25.1 Å². The highest BCUT2D eigenvalue weighted by molar-refractivity contribution is 5.96. The number of carbonyl (C=O) groups is 1. The molecule has 4 aromatic rings. The lowest BCUT2D eigenvalue weighted by Gasteiger charge is -2.33. The second kappa shape index (κ2) is 9.02. The van der Waals surface area contributed by atoms with E-state index in [0.717, 1.165) is 48.7 Å². The second-order valence-corrected chi connectivity index (χ2v) is 10.0. The van der Waals surface area contributed by atoms with Crippen molar-refractivity contribution in [3.8, 4) is 22.5 Å². The number of benzene rings is 1. The molecule has 1 fully saturated rings. The third kappa shape index (κ3) is 3.90. The van der Waals surface area contributed by atoms with Crippen molar-refractivity contribution in [1.82, 2.24) is 34.5 Å². The van der Waals surface area contributed by atoms with Gasteiger partial charge in [0.15, 0.2) is 0 Å². The molecule has 0 spiro atoms. The standard InChI is InChI=1S/C27H29F2N7O/c1-15-27(37)34(2)14-22-24(33-26(36(15)22)16-7-9-30-10-8-16)18-5-4-6-21-19(18)11-20(25(28)29)23(32-21)17-12-31-35(3)13-17/h4-6,11-13,15-16,25,30H,7-10,14H2,1-3H3/t15-/m0/s1. The summed E-state index contributed by atoms with van der Waals surface area (Å²) in [6, 6.07) is 6.81. The van der Waals surface area contributed by atoms with Gasteiger partial charge in [0.25, 0.3) is 6.43 Å². The highest BCUT2D eigenvalue weighted by Gasteiger charge is 2.36. The molecule has 0 saturated carbocycles. The maximum atomic E-state index is 14.3. The van der Waals surface area contributed by atoms with Gasteiger partial charge in [-0.1, -0.05) is 12.1 Å². The van der Waals surface area contributed by atoms with Crippen LogP contribution in [0.25, 0.3) is 33.4 Å². The van der Waals surface area contributed by atoms with Gasteiger partial charge in [-0.15, -0.1) is 0 Å². The zero-order valence-electron chi connectivity index (χ0n) is 21.1. The van der Waals surface area contributed by atoms with Gasteiger partial charge in [0.2, 0.25) is 5.91 Å². The SMILES string of the molecule is C[C@H]1C(=O)N(C)Cc2c(-c3cccc4nc(-c5cnn(C)c5)c(C(F)F)cc34)nc(C3CCNCC3)n21. The zero-order chi connectivity index (χ0) is 25.8. The molecule has 0 aliphatic carbocycles. The molecule has 10 heteroatoms. The molecule has 37 heavy (non-hydrogen) atoms. The Morgan fingerprint density at radius 3 is 2.59 bits per heavy atom. The van der Waals surface area contributed by atoms with Crippen molar-refractivity contribution in [2.24, 2.45) is 7.05 Å². The van der Waals surface area contributed by atoms with Gasteiger partial charge in [0.1, 0.15) is 11.9 Å².